The predicted molar refractivity (Wildman–Crippen MR) is 57.6 cm³/mol. The monoisotopic (exact) mass is 194 g/mol. The number of hydrogen-bond acceptors (Lipinski definition) is 2. The highest BCUT2D eigenvalue weighted by atomic mass is 16.5. The second kappa shape index (κ2) is 5.66. The molecule has 0 saturated heterocycles. The number of benzene rings is 1. The van der Waals surface area contributed by atoms with E-state index in [-0.39, 0.29) is 6.10 Å². The highest BCUT2D eigenvalue weighted by Crippen LogP contribution is 2.12. The first kappa shape index (κ1) is 11.1. The maximum atomic E-state index is 9.44. The molecule has 0 spiro atoms. The van der Waals surface area contributed by atoms with Crippen LogP contribution < -0.4 is 4.74 Å². The van der Waals surface area contributed by atoms with Crippen molar-refractivity contribution >= 4 is 0 Å². The van der Waals surface area contributed by atoms with E-state index in [0.29, 0.717) is 6.61 Å². The number of aliphatic hydroxyl groups excluding tert-OH is 1. The fraction of sp³-hybridized carbons (Fsp3) is 0.500. The van der Waals surface area contributed by atoms with Gasteiger partial charge >= 0.3 is 0 Å². The third kappa shape index (κ3) is 3.79. The summed E-state index contributed by atoms with van der Waals surface area (Å²) < 4.78 is 5.43. The summed E-state index contributed by atoms with van der Waals surface area (Å²) in [7, 11) is 0. The molecule has 14 heavy (non-hydrogen) atoms. The Labute approximate surface area is 85.5 Å². The van der Waals surface area contributed by atoms with Crippen molar-refractivity contribution in [1.29, 1.82) is 0 Å². The van der Waals surface area contributed by atoms with Gasteiger partial charge in [-0.2, -0.15) is 0 Å². The van der Waals surface area contributed by atoms with Crippen LogP contribution in [0.3, 0.4) is 0 Å². The van der Waals surface area contributed by atoms with Gasteiger partial charge in [-0.3, -0.25) is 0 Å². The van der Waals surface area contributed by atoms with E-state index in [1.165, 1.54) is 5.56 Å². The van der Waals surface area contributed by atoms with Crippen LogP contribution in [0, 0.1) is 6.92 Å². The zero-order chi connectivity index (χ0) is 10.4. The van der Waals surface area contributed by atoms with Crippen LogP contribution in [0.4, 0.5) is 0 Å². The SMILES string of the molecule is CCCC(O)COc1ccc(C)cc1. The van der Waals surface area contributed by atoms with Crippen molar-refractivity contribution in [3.05, 3.63) is 29.8 Å². The Bertz CT molecular complexity index is 254. The van der Waals surface area contributed by atoms with Gasteiger partial charge in [-0.05, 0) is 25.5 Å². The maximum Gasteiger partial charge on any atom is 0.119 e. The molecule has 1 aromatic carbocycles. The van der Waals surface area contributed by atoms with Gasteiger partial charge in [0.25, 0.3) is 0 Å². The predicted octanol–water partition coefficient (Wildman–Crippen LogP) is 2.53. The highest BCUT2D eigenvalue weighted by molar-refractivity contribution is 5.26. The zero-order valence-corrected chi connectivity index (χ0v) is 8.86. The van der Waals surface area contributed by atoms with Crippen molar-refractivity contribution in [1.82, 2.24) is 0 Å². The van der Waals surface area contributed by atoms with Gasteiger partial charge < -0.3 is 9.84 Å². The second-order valence-corrected chi connectivity index (χ2v) is 3.57. The van der Waals surface area contributed by atoms with Gasteiger partial charge in [0.2, 0.25) is 0 Å². The quantitative estimate of drug-likeness (QED) is 0.780. The average molecular weight is 194 g/mol. The molecule has 0 aliphatic rings. The number of aryl methyl sites for hydroxylation is 1. The summed E-state index contributed by atoms with van der Waals surface area (Å²) in [5.41, 5.74) is 1.21. The topological polar surface area (TPSA) is 29.5 Å². The third-order valence-corrected chi connectivity index (χ3v) is 2.09. The van der Waals surface area contributed by atoms with Crippen LogP contribution in [-0.4, -0.2) is 17.8 Å². The van der Waals surface area contributed by atoms with Gasteiger partial charge in [0.1, 0.15) is 12.4 Å². The molecule has 0 fully saturated rings. The Morgan fingerprint density at radius 3 is 2.50 bits per heavy atom. The molecule has 0 aliphatic carbocycles. The van der Waals surface area contributed by atoms with Crippen molar-refractivity contribution in [2.24, 2.45) is 0 Å². The van der Waals surface area contributed by atoms with E-state index in [2.05, 4.69) is 6.92 Å². The van der Waals surface area contributed by atoms with Gasteiger partial charge in [-0.1, -0.05) is 31.0 Å². The number of aliphatic hydroxyl groups is 1. The minimum atomic E-state index is -0.346. The standard InChI is InChI=1S/C12H18O2/c1-3-4-11(13)9-14-12-7-5-10(2)6-8-12/h5-8,11,13H,3-4,9H2,1-2H3. The third-order valence-electron chi connectivity index (χ3n) is 2.09. The number of rotatable bonds is 5. The first-order valence-corrected chi connectivity index (χ1v) is 5.10. The van der Waals surface area contributed by atoms with Crippen molar-refractivity contribution in [2.45, 2.75) is 32.8 Å². The molecule has 0 bridgehead atoms. The smallest absolute Gasteiger partial charge is 0.119 e. The average Bonchev–Trinajstić information content (AvgIpc) is 2.17. The summed E-state index contributed by atoms with van der Waals surface area (Å²) in [5.74, 6) is 0.825. The molecule has 1 unspecified atom stereocenters. The van der Waals surface area contributed by atoms with Gasteiger partial charge in [-0.25, -0.2) is 0 Å². The number of ether oxygens (including phenoxy) is 1. The fourth-order valence-electron chi connectivity index (χ4n) is 1.24. The van der Waals surface area contributed by atoms with Crippen LogP contribution >= 0.6 is 0 Å². The molecule has 1 N–H and O–H groups in total. The van der Waals surface area contributed by atoms with Crippen LogP contribution in [0.1, 0.15) is 25.3 Å². The summed E-state index contributed by atoms with van der Waals surface area (Å²) in [6, 6.07) is 7.85. The Morgan fingerprint density at radius 1 is 1.29 bits per heavy atom. The largest absolute Gasteiger partial charge is 0.491 e. The molecule has 0 aliphatic heterocycles. The molecule has 0 aromatic heterocycles. The maximum absolute atomic E-state index is 9.44. The molecule has 1 atom stereocenters. The summed E-state index contributed by atoms with van der Waals surface area (Å²) in [6.07, 6.45) is 1.44. The Hall–Kier alpha value is -1.02. The van der Waals surface area contributed by atoms with Crippen molar-refractivity contribution in [3.63, 3.8) is 0 Å². The Kier molecular flexibility index (Phi) is 4.47. The lowest BCUT2D eigenvalue weighted by molar-refractivity contribution is 0.0993. The minimum Gasteiger partial charge on any atom is -0.491 e. The van der Waals surface area contributed by atoms with Crippen LogP contribution in [0.2, 0.25) is 0 Å². The first-order valence-electron chi connectivity index (χ1n) is 5.10. The van der Waals surface area contributed by atoms with Crippen molar-refractivity contribution in [3.8, 4) is 5.75 Å². The van der Waals surface area contributed by atoms with E-state index in [1.807, 2.05) is 31.2 Å². The molecule has 0 radical (unpaired) electrons. The number of hydrogen-bond donors (Lipinski definition) is 1. The van der Waals surface area contributed by atoms with Crippen LogP contribution in [0.25, 0.3) is 0 Å². The molecular formula is C12H18O2. The van der Waals surface area contributed by atoms with Gasteiger partial charge in [-0.15, -0.1) is 0 Å². The fourth-order valence-corrected chi connectivity index (χ4v) is 1.24. The van der Waals surface area contributed by atoms with E-state index in [0.717, 1.165) is 18.6 Å². The van der Waals surface area contributed by atoms with Crippen LogP contribution in [-0.2, 0) is 0 Å². The molecule has 0 amide bonds. The molecule has 1 aromatic rings. The summed E-state index contributed by atoms with van der Waals surface area (Å²) in [4.78, 5) is 0. The molecule has 78 valence electrons. The molecule has 2 nitrogen and oxygen atoms in total. The second-order valence-electron chi connectivity index (χ2n) is 3.57. The molecule has 1 rings (SSSR count). The Morgan fingerprint density at radius 2 is 1.93 bits per heavy atom. The molecule has 2 heteroatoms. The summed E-state index contributed by atoms with van der Waals surface area (Å²) in [5, 5.41) is 9.44. The van der Waals surface area contributed by atoms with Gasteiger partial charge in [0, 0.05) is 0 Å². The van der Waals surface area contributed by atoms with Gasteiger partial charge in [0.15, 0.2) is 0 Å². The van der Waals surface area contributed by atoms with E-state index in [1.54, 1.807) is 0 Å². The zero-order valence-electron chi connectivity index (χ0n) is 8.86. The minimum absolute atomic E-state index is 0.346. The van der Waals surface area contributed by atoms with Crippen molar-refractivity contribution < 1.29 is 9.84 Å². The summed E-state index contributed by atoms with van der Waals surface area (Å²) >= 11 is 0. The normalized spacial score (nSPS) is 12.5. The Balaban J connectivity index is 2.34. The lowest BCUT2D eigenvalue weighted by Crippen LogP contribution is -2.16. The van der Waals surface area contributed by atoms with E-state index in [4.69, 9.17) is 4.74 Å². The molecule has 0 heterocycles. The lowest BCUT2D eigenvalue weighted by Gasteiger charge is -2.11. The highest BCUT2D eigenvalue weighted by Gasteiger charge is 2.02. The van der Waals surface area contributed by atoms with E-state index >= 15 is 0 Å². The lowest BCUT2D eigenvalue weighted by atomic mass is 10.2. The van der Waals surface area contributed by atoms with Crippen molar-refractivity contribution in [2.75, 3.05) is 6.61 Å². The summed E-state index contributed by atoms with van der Waals surface area (Å²) in [6.45, 7) is 4.47. The van der Waals surface area contributed by atoms with Gasteiger partial charge in [0.05, 0.1) is 6.10 Å². The van der Waals surface area contributed by atoms with Crippen LogP contribution in [0.5, 0.6) is 5.75 Å². The first-order chi connectivity index (χ1) is 6.72. The molecular weight excluding hydrogens is 176 g/mol. The van der Waals surface area contributed by atoms with E-state index < -0.39 is 0 Å². The molecule has 0 saturated carbocycles. The van der Waals surface area contributed by atoms with E-state index in [9.17, 15) is 5.11 Å². The van der Waals surface area contributed by atoms with Crippen LogP contribution in [0.15, 0.2) is 24.3 Å².